The Bertz CT molecular complexity index is 639. The summed E-state index contributed by atoms with van der Waals surface area (Å²) in [5.41, 5.74) is 1.64. The maximum Gasteiger partial charge on any atom is 0.335 e. The van der Waals surface area contributed by atoms with Crippen LogP contribution >= 0.6 is 11.6 Å². The molecule has 0 fully saturated rings. The molecule has 0 saturated heterocycles. The second-order valence-corrected chi connectivity index (χ2v) is 4.76. The Morgan fingerprint density at radius 2 is 1.76 bits per heavy atom. The number of aromatic carboxylic acids is 1. The van der Waals surface area contributed by atoms with Crippen molar-refractivity contribution in [2.24, 2.45) is 0 Å². The van der Waals surface area contributed by atoms with Crippen LogP contribution in [0, 0.1) is 0 Å². The van der Waals surface area contributed by atoms with Crippen LogP contribution in [0.3, 0.4) is 0 Å². The van der Waals surface area contributed by atoms with E-state index in [4.69, 9.17) is 16.7 Å². The Balaban J connectivity index is 1.85. The van der Waals surface area contributed by atoms with E-state index >= 15 is 0 Å². The summed E-state index contributed by atoms with van der Waals surface area (Å²) in [6.07, 6.45) is 2.03. The van der Waals surface area contributed by atoms with Gasteiger partial charge >= 0.3 is 5.97 Å². The monoisotopic (exact) mass is 304 g/mol. The van der Waals surface area contributed by atoms with Crippen LogP contribution in [-0.4, -0.2) is 28.5 Å². The fourth-order valence-corrected chi connectivity index (χ4v) is 1.86. The van der Waals surface area contributed by atoms with Crippen LogP contribution in [0.25, 0.3) is 0 Å². The van der Waals surface area contributed by atoms with Crippen molar-refractivity contribution in [2.45, 2.75) is 6.42 Å². The summed E-state index contributed by atoms with van der Waals surface area (Å²) in [6.45, 7) is 0.452. The molecule has 2 aromatic rings. The third-order valence-corrected chi connectivity index (χ3v) is 3.11. The predicted octanol–water partition coefficient (Wildman–Crippen LogP) is 2.41. The number of hydrogen-bond acceptors (Lipinski definition) is 3. The zero-order valence-electron chi connectivity index (χ0n) is 11.0. The van der Waals surface area contributed by atoms with Gasteiger partial charge in [-0.2, -0.15) is 0 Å². The molecule has 1 heterocycles. The lowest BCUT2D eigenvalue weighted by atomic mass is 10.1. The van der Waals surface area contributed by atoms with E-state index in [9.17, 15) is 9.59 Å². The Kier molecular flexibility index (Phi) is 4.90. The zero-order valence-corrected chi connectivity index (χ0v) is 11.8. The third kappa shape index (κ3) is 4.29. The molecule has 0 atom stereocenters. The van der Waals surface area contributed by atoms with Gasteiger partial charge in [-0.15, -0.1) is 0 Å². The number of carboxylic acid groups (broad SMARTS) is 1. The van der Waals surface area contributed by atoms with Crippen molar-refractivity contribution < 1.29 is 14.7 Å². The Morgan fingerprint density at radius 1 is 1.10 bits per heavy atom. The van der Waals surface area contributed by atoms with E-state index < -0.39 is 5.97 Å². The maximum atomic E-state index is 11.8. The summed E-state index contributed by atoms with van der Waals surface area (Å²) in [5, 5.41) is 11.9. The lowest BCUT2D eigenvalue weighted by Gasteiger charge is -2.05. The van der Waals surface area contributed by atoms with E-state index in [0.29, 0.717) is 23.7 Å². The van der Waals surface area contributed by atoms with Crippen molar-refractivity contribution >= 4 is 23.5 Å². The summed E-state index contributed by atoms with van der Waals surface area (Å²) in [6, 6.07) is 9.72. The SMILES string of the molecule is O=C(O)c1ccc(CCNC(=O)c2ccc(Cl)nc2)cc1. The first kappa shape index (κ1) is 15.0. The minimum absolute atomic E-state index is 0.221. The molecule has 1 aromatic heterocycles. The number of amides is 1. The minimum atomic E-state index is -0.954. The summed E-state index contributed by atoms with van der Waals surface area (Å²) in [5.74, 6) is -1.17. The quantitative estimate of drug-likeness (QED) is 0.831. The van der Waals surface area contributed by atoms with E-state index in [1.165, 1.54) is 6.20 Å². The molecule has 21 heavy (non-hydrogen) atoms. The normalized spacial score (nSPS) is 10.1. The first-order valence-corrected chi connectivity index (χ1v) is 6.66. The van der Waals surface area contributed by atoms with E-state index in [1.54, 1.807) is 36.4 Å². The van der Waals surface area contributed by atoms with Crippen molar-refractivity contribution in [1.82, 2.24) is 10.3 Å². The van der Waals surface area contributed by atoms with Crippen molar-refractivity contribution in [3.05, 3.63) is 64.4 Å². The van der Waals surface area contributed by atoms with Crippen molar-refractivity contribution in [3.8, 4) is 0 Å². The van der Waals surface area contributed by atoms with E-state index in [0.717, 1.165) is 5.56 Å². The minimum Gasteiger partial charge on any atom is -0.478 e. The molecule has 0 aliphatic rings. The molecule has 0 aliphatic carbocycles. The lowest BCUT2D eigenvalue weighted by Crippen LogP contribution is -2.25. The first-order valence-electron chi connectivity index (χ1n) is 6.28. The lowest BCUT2D eigenvalue weighted by molar-refractivity contribution is 0.0696. The van der Waals surface area contributed by atoms with Gasteiger partial charge in [0.2, 0.25) is 0 Å². The topological polar surface area (TPSA) is 79.3 Å². The van der Waals surface area contributed by atoms with Crippen LogP contribution in [0.1, 0.15) is 26.3 Å². The zero-order chi connectivity index (χ0) is 15.2. The van der Waals surface area contributed by atoms with Gasteiger partial charge in [0.15, 0.2) is 0 Å². The highest BCUT2D eigenvalue weighted by Gasteiger charge is 2.06. The largest absolute Gasteiger partial charge is 0.478 e. The van der Waals surface area contributed by atoms with Gasteiger partial charge in [0.1, 0.15) is 5.15 Å². The van der Waals surface area contributed by atoms with Gasteiger partial charge in [0.25, 0.3) is 5.91 Å². The molecule has 6 heteroatoms. The predicted molar refractivity (Wildman–Crippen MR) is 78.7 cm³/mol. The van der Waals surface area contributed by atoms with E-state index in [2.05, 4.69) is 10.3 Å². The number of aromatic nitrogens is 1. The molecule has 0 saturated carbocycles. The molecule has 5 nitrogen and oxygen atoms in total. The van der Waals surface area contributed by atoms with Gasteiger partial charge in [-0.05, 0) is 36.2 Å². The Morgan fingerprint density at radius 3 is 2.33 bits per heavy atom. The standard InChI is InChI=1S/C15H13ClN2O3/c16-13-6-5-12(9-18-13)14(19)17-8-7-10-1-3-11(4-2-10)15(20)21/h1-6,9H,7-8H2,(H,17,19)(H,20,21). The summed E-state index contributed by atoms with van der Waals surface area (Å²) >= 11 is 5.65. The van der Waals surface area contributed by atoms with E-state index in [-0.39, 0.29) is 11.5 Å². The van der Waals surface area contributed by atoms with Crippen LogP contribution in [0.4, 0.5) is 0 Å². The number of nitrogens with zero attached hydrogens (tertiary/aromatic N) is 1. The smallest absolute Gasteiger partial charge is 0.335 e. The van der Waals surface area contributed by atoms with Crippen LogP contribution in [0.15, 0.2) is 42.6 Å². The Labute approximate surface area is 126 Å². The van der Waals surface area contributed by atoms with Crippen molar-refractivity contribution in [3.63, 3.8) is 0 Å². The highest BCUT2D eigenvalue weighted by Crippen LogP contribution is 2.06. The number of benzene rings is 1. The molecule has 1 amide bonds. The van der Waals surface area contributed by atoms with Gasteiger partial charge < -0.3 is 10.4 Å². The first-order chi connectivity index (χ1) is 10.1. The molecule has 0 bridgehead atoms. The molecule has 108 valence electrons. The number of carbonyl (C=O) groups excluding carboxylic acids is 1. The number of carboxylic acids is 1. The van der Waals surface area contributed by atoms with Gasteiger partial charge in [-0.3, -0.25) is 4.79 Å². The molecule has 2 N–H and O–H groups in total. The van der Waals surface area contributed by atoms with Crippen molar-refractivity contribution in [1.29, 1.82) is 0 Å². The van der Waals surface area contributed by atoms with Crippen LogP contribution in [-0.2, 0) is 6.42 Å². The highest BCUT2D eigenvalue weighted by molar-refractivity contribution is 6.29. The van der Waals surface area contributed by atoms with Gasteiger partial charge in [0.05, 0.1) is 11.1 Å². The average molecular weight is 305 g/mol. The second-order valence-electron chi connectivity index (χ2n) is 4.38. The molecular weight excluding hydrogens is 292 g/mol. The molecule has 0 radical (unpaired) electrons. The average Bonchev–Trinajstić information content (AvgIpc) is 2.48. The van der Waals surface area contributed by atoms with Crippen LogP contribution < -0.4 is 5.32 Å². The van der Waals surface area contributed by atoms with Gasteiger partial charge in [-0.25, -0.2) is 9.78 Å². The molecular formula is C15H13ClN2O3. The molecule has 0 spiro atoms. The van der Waals surface area contributed by atoms with Crippen molar-refractivity contribution in [2.75, 3.05) is 6.54 Å². The highest BCUT2D eigenvalue weighted by atomic mass is 35.5. The number of rotatable bonds is 5. The number of carbonyl (C=O) groups is 2. The fraction of sp³-hybridized carbons (Fsp3) is 0.133. The maximum absolute atomic E-state index is 11.8. The van der Waals surface area contributed by atoms with Gasteiger partial charge in [0, 0.05) is 12.7 Å². The number of nitrogens with one attached hydrogen (secondary N) is 1. The van der Waals surface area contributed by atoms with Crippen LogP contribution in [0.5, 0.6) is 0 Å². The molecule has 1 aromatic carbocycles. The summed E-state index contributed by atoms with van der Waals surface area (Å²) in [4.78, 5) is 26.4. The number of halogens is 1. The third-order valence-electron chi connectivity index (χ3n) is 2.89. The number of pyridine rings is 1. The van der Waals surface area contributed by atoms with Crippen LogP contribution in [0.2, 0.25) is 5.15 Å². The van der Waals surface area contributed by atoms with E-state index in [1.807, 2.05) is 0 Å². The summed E-state index contributed by atoms with van der Waals surface area (Å²) < 4.78 is 0. The van der Waals surface area contributed by atoms with Gasteiger partial charge in [-0.1, -0.05) is 23.7 Å². The molecule has 0 aliphatic heterocycles. The molecule has 0 unspecified atom stereocenters. The molecule has 2 rings (SSSR count). The summed E-state index contributed by atoms with van der Waals surface area (Å²) in [7, 11) is 0. The second kappa shape index (κ2) is 6.85. The fourth-order valence-electron chi connectivity index (χ4n) is 1.75. The Hall–Kier alpha value is -2.40. The number of hydrogen-bond donors (Lipinski definition) is 2.